The number of oxime groups is 1. The van der Waals surface area contributed by atoms with E-state index in [4.69, 9.17) is 14.3 Å². The predicted octanol–water partition coefficient (Wildman–Crippen LogP) is 4.06. The number of nitrogens with zero attached hydrogens (tertiary/aromatic N) is 1. The van der Waals surface area contributed by atoms with Gasteiger partial charge in [0.2, 0.25) is 0 Å². The Morgan fingerprint density at radius 1 is 0.857 bits per heavy atom. The van der Waals surface area contributed by atoms with E-state index in [1.165, 1.54) is 0 Å². The molecule has 0 aliphatic rings. The molecule has 2 amide bonds. The minimum absolute atomic E-state index is 0.196. The molecule has 0 saturated heterocycles. The molecule has 8 heteroatoms. The summed E-state index contributed by atoms with van der Waals surface area (Å²) in [5, 5.41) is 9.70. The number of rotatable bonds is 11. The van der Waals surface area contributed by atoms with E-state index in [2.05, 4.69) is 15.8 Å². The number of carbonyl (C=O) groups is 2. The van der Waals surface area contributed by atoms with E-state index in [1.807, 2.05) is 48.5 Å². The topological polar surface area (TPSA) is 98.3 Å². The highest BCUT2D eigenvalue weighted by Gasteiger charge is 2.08. The number of nitrogens with one attached hydrogen (secondary N) is 2. The fourth-order valence-corrected chi connectivity index (χ4v) is 3.29. The van der Waals surface area contributed by atoms with Gasteiger partial charge in [-0.15, -0.1) is 0 Å². The molecule has 0 heterocycles. The smallest absolute Gasteiger partial charge is 0.260 e. The lowest BCUT2D eigenvalue weighted by Crippen LogP contribution is -2.29. The lowest BCUT2D eigenvalue weighted by atomic mass is 10.1. The second kappa shape index (κ2) is 12.8. The second-order valence-electron chi connectivity index (χ2n) is 7.64. The maximum absolute atomic E-state index is 12.4. The van der Waals surface area contributed by atoms with Gasteiger partial charge in [0.15, 0.2) is 18.1 Å². The van der Waals surface area contributed by atoms with Gasteiger partial charge in [-0.3, -0.25) is 9.59 Å². The highest BCUT2D eigenvalue weighted by Crippen LogP contribution is 2.27. The van der Waals surface area contributed by atoms with Crippen molar-refractivity contribution < 1.29 is 23.9 Å². The van der Waals surface area contributed by atoms with Gasteiger partial charge >= 0.3 is 0 Å². The number of carbonyl (C=O) groups excluding carboxylic acids is 2. The van der Waals surface area contributed by atoms with E-state index in [-0.39, 0.29) is 18.4 Å². The van der Waals surface area contributed by atoms with Gasteiger partial charge in [-0.25, -0.2) is 0 Å². The minimum atomic E-state index is -0.272. The van der Waals surface area contributed by atoms with Crippen molar-refractivity contribution in [2.24, 2.45) is 5.16 Å². The quantitative estimate of drug-likeness (QED) is 0.322. The fraction of sp³-hybridized carbons (Fsp3) is 0.222. The summed E-state index contributed by atoms with van der Waals surface area (Å²) in [4.78, 5) is 29.7. The second-order valence-corrected chi connectivity index (χ2v) is 7.64. The molecule has 0 radical (unpaired) electrons. The zero-order valence-electron chi connectivity index (χ0n) is 20.0. The number of benzene rings is 3. The largest absolute Gasteiger partial charge is 0.493 e. The first-order chi connectivity index (χ1) is 17.0. The van der Waals surface area contributed by atoms with E-state index < -0.39 is 0 Å². The SMILES string of the molecule is COc1ccc(CCNC(=O)CO/N=C(\C)c2cccc(NC(=O)c3ccccc3)c2)cc1OC. The molecule has 3 aromatic carbocycles. The molecule has 2 N–H and O–H groups in total. The normalized spacial score (nSPS) is 10.9. The number of ether oxygens (including phenoxy) is 2. The van der Waals surface area contributed by atoms with E-state index in [1.54, 1.807) is 45.4 Å². The van der Waals surface area contributed by atoms with E-state index in [9.17, 15) is 9.59 Å². The summed E-state index contributed by atoms with van der Waals surface area (Å²) >= 11 is 0. The third kappa shape index (κ3) is 7.60. The van der Waals surface area contributed by atoms with Gasteiger partial charge in [0, 0.05) is 23.4 Å². The van der Waals surface area contributed by atoms with Crippen LogP contribution < -0.4 is 20.1 Å². The molecule has 0 aromatic heterocycles. The predicted molar refractivity (Wildman–Crippen MR) is 135 cm³/mol. The molecule has 0 atom stereocenters. The molecule has 0 saturated carbocycles. The molecule has 182 valence electrons. The van der Waals surface area contributed by atoms with Crippen LogP contribution in [0.5, 0.6) is 11.5 Å². The molecule has 3 aromatic rings. The lowest BCUT2D eigenvalue weighted by molar-refractivity contribution is -0.125. The van der Waals surface area contributed by atoms with Crippen LogP contribution in [-0.2, 0) is 16.1 Å². The summed E-state index contributed by atoms with van der Waals surface area (Å²) in [5.74, 6) is 0.837. The van der Waals surface area contributed by atoms with Gasteiger partial charge in [0.1, 0.15) is 0 Å². The highest BCUT2D eigenvalue weighted by atomic mass is 16.6. The van der Waals surface area contributed by atoms with Crippen LogP contribution in [0.4, 0.5) is 5.69 Å². The molecule has 0 spiro atoms. The van der Waals surface area contributed by atoms with Crippen LogP contribution in [0.25, 0.3) is 0 Å². The van der Waals surface area contributed by atoms with Crippen LogP contribution in [0.2, 0.25) is 0 Å². The van der Waals surface area contributed by atoms with Gasteiger partial charge in [0.25, 0.3) is 11.8 Å². The summed E-state index contributed by atoms with van der Waals surface area (Å²) in [6.07, 6.45) is 0.635. The number of hydrogen-bond acceptors (Lipinski definition) is 6. The third-order valence-corrected chi connectivity index (χ3v) is 5.16. The van der Waals surface area contributed by atoms with Crippen molar-refractivity contribution in [3.8, 4) is 11.5 Å². The van der Waals surface area contributed by atoms with Gasteiger partial charge in [-0.2, -0.15) is 0 Å². The van der Waals surface area contributed by atoms with Crippen molar-refractivity contribution >= 4 is 23.2 Å². The van der Waals surface area contributed by atoms with Crippen LogP contribution in [0.3, 0.4) is 0 Å². The van der Waals surface area contributed by atoms with E-state index >= 15 is 0 Å². The van der Waals surface area contributed by atoms with Crippen LogP contribution >= 0.6 is 0 Å². The van der Waals surface area contributed by atoms with Crippen molar-refractivity contribution in [2.75, 3.05) is 32.7 Å². The van der Waals surface area contributed by atoms with Gasteiger partial charge in [-0.1, -0.05) is 41.6 Å². The molecule has 0 fully saturated rings. The Hall–Kier alpha value is -4.33. The van der Waals surface area contributed by atoms with Crippen LogP contribution in [-0.4, -0.2) is 44.9 Å². The Bertz CT molecular complexity index is 1180. The minimum Gasteiger partial charge on any atom is -0.493 e. The summed E-state index contributed by atoms with van der Waals surface area (Å²) in [6.45, 7) is 2.02. The van der Waals surface area contributed by atoms with Crippen LogP contribution in [0.15, 0.2) is 78.0 Å². The molecular weight excluding hydrogens is 446 g/mol. The van der Waals surface area contributed by atoms with Crippen molar-refractivity contribution in [2.45, 2.75) is 13.3 Å². The number of hydrogen-bond donors (Lipinski definition) is 2. The summed E-state index contributed by atoms with van der Waals surface area (Å²) in [7, 11) is 3.17. The maximum Gasteiger partial charge on any atom is 0.260 e. The Morgan fingerprint density at radius 2 is 1.60 bits per heavy atom. The summed E-state index contributed by atoms with van der Waals surface area (Å²) < 4.78 is 10.5. The molecule has 0 unspecified atom stereocenters. The monoisotopic (exact) mass is 475 g/mol. The fourth-order valence-electron chi connectivity index (χ4n) is 3.29. The molecule has 0 bridgehead atoms. The van der Waals surface area contributed by atoms with Crippen LogP contribution in [0.1, 0.15) is 28.4 Å². The zero-order valence-corrected chi connectivity index (χ0v) is 20.0. The van der Waals surface area contributed by atoms with Gasteiger partial charge in [-0.05, 0) is 55.3 Å². The first kappa shape index (κ1) is 25.3. The molecular formula is C27H29N3O5. The first-order valence-electron chi connectivity index (χ1n) is 11.1. The number of amides is 2. The average Bonchev–Trinajstić information content (AvgIpc) is 2.89. The molecule has 0 aliphatic heterocycles. The van der Waals surface area contributed by atoms with E-state index in [0.717, 1.165) is 11.1 Å². The summed E-state index contributed by atoms with van der Waals surface area (Å²) in [6, 6.07) is 21.9. The standard InChI is InChI=1S/C27H29N3O5/c1-19(22-10-7-11-23(17-22)29-27(32)21-8-5-4-6-9-21)30-35-18-26(31)28-15-14-20-12-13-24(33-2)25(16-20)34-3/h4-13,16-17H,14-15,18H2,1-3H3,(H,28,31)(H,29,32)/b30-19+. The molecule has 8 nitrogen and oxygen atoms in total. The Balaban J connectivity index is 1.46. The Kier molecular flexibility index (Phi) is 9.24. The molecule has 0 aliphatic carbocycles. The maximum atomic E-state index is 12.4. The molecule has 3 rings (SSSR count). The average molecular weight is 476 g/mol. The zero-order chi connectivity index (χ0) is 25.0. The molecule has 35 heavy (non-hydrogen) atoms. The Labute approximate surface area is 204 Å². The van der Waals surface area contributed by atoms with Crippen LogP contribution in [0, 0.1) is 0 Å². The first-order valence-corrected chi connectivity index (χ1v) is 11.1. The van der Waals surface area contributed by atoms with Crippen molar-refractivity contribution in [3.05, 3.63) is 89.5 Å². The van der Waals surface area contributed by atoms with Gasteiger partial charge in [0.05, 0.1) is 19.9 Å². The lowest BCUT2D eigenvalue weighted by Gasteiger charge is -2.10. The van der Waals surface area contributed by atoms with Crippen molar-refractivity contribution in [1.82, 2.24) is 5.32 Å². The van der Waals surface area contributed by atoms with Gasteiger partial charge < -0.3 is 24.9 Å². The third-order valence-electron chi connectivity index (χ3n) is 5.16. The highest BCUT2D eigenvalue weighted by molar-refractivity contribution is 6.05. The number of anilines is 1. The van der Waals surface area contributed by atoms with Crippen molar-refractivity contribution in [3.63, 3.8) is 0 Å². The van der Waals surface area contributed by atoms with Crippen molar-refractivity contribution in [1.29, 1.82) is 0 Å². The summed E-state index contributed by atoms with van der Waals surface area (Å²) in [5.41, 5.74) is 3.57. The Morgan fingerprint density at radius 3 is 2.34 bits per heavy atom. The number of methoxy groups -OCH3 is 2. The van der Waals surface area contributed by atoms with E-state index in [0.29, 0.717) is 41.4 Å².